The van der Waals surface area contributed by atoms with Crippen molar-refractivity contribution in [3.8, 4) is 6.07 Å². The van der Waals surface area contributed by atoms with Gasteiger partial charge in [0.2, 0.25) is 0 Å². The van der Waals surface area contributed by atoms with Gasteiger partial charge in [-0.1, -0.05) is 23.7 Å². The number of rotatable bonds is 2. The van der Waals surface area contributed by atoms with Gasteiger partial charge in [0, 0.05) is 6.20 Å². The summed E-state index contributed by atoms with van der Waals surface area (Å²) in [5, 5.41) is 10.6. The molecule has 0 unspecified atom stereocenters. The predicted molar refractivity (Wildman–Crippen MR) is 74.2 cm³/mol. The number of aromatic nitrogens is 3. The SMILES string of the molecule is N#Cc1ccnc(Sc2nc3ccccc3[nH]2)c1Cl. The van der Waals surface area contributed by atoms with Crippen LogP contribution in [0.4, 0.5) is 0 Å². The van der Waals surface area contributed by atoms with Gasteiger partial charge in [0.1, 0.15) is 11.1 Å². The van der Waals surface area contributed by atoms with Gasteiger partial charge in [-0.25, -0.2) is 9.97 Å². The smallest absolute Gasteiger partial charge is 0.172 e. The number of nitrogens with zero attached hydrogens (tertiary/aromatic N) is 3. The summed E-state index contributed by atoms with van der Waals surface area (Å²) in [5.41, 5.74) is 2.25. The number of aromatic amines is 1. The zero-order chi connectivity index (χ0) is 13.2. The molecular formula is C13H7ClN4S. The van der Waals surface area contributed by atoms with E-state index in [4.69, 9.17) is 16.9 Å². The summed E-state index contributed by atoms with van der Waals surface area (Å²) in [4.78, 5) is 11.8. The van der Waals surface area contributed by atoms with E-state index in [-0.39, 0.29) is 0 Å². The van der Waals surface area contributed by atoms with Crippen molar-refractivity contribution in [2.75, 3.05) is 0 Å². The lowest BCUT2D eigenvalue weighted by Gasteiger charge is -2.00. The highest BCUT2D eigenvalue weighted by Gasteiger charge is 2.11. The quantitative estimate of drug-likeness (QED) is 0.781. The number of fused-ring (bicyclic) bond motifs is 1. The minimum Gasteiger partial charge on any atom is -0.333 e. The Bertz CT molecular complexity index is 758. The van der Waals surface area contributed by atoms with Crippen LogP contribution >= 0.6 is 23.4 Å². The standard InChI is InChI=1S/C13H7ClN4S/c14-11-8(7-15)5-6-16-12(11)19-13-17-9-3-1-2-4-10(9)18-13/h1-6H,(H,17,18). The Hall–Kier alpha value is -2.03. The number of imidazole rings is 1. The second-order valence-electron chi connectivity index (χ2n) is 3.75. The third-order valence-corrected chi connectivity index (χ3v) is 3.92. The predicted octanol–water partition coefficient (Wildman–Crippen LogP) is 3.63. The number of halogens is 1. The second kappa shape index (κ2) is 4.92. The number of benzene rings is 1. The third-order valence-electron chi connectivity index (χ3n) is 2.54. The molecule has 2 heterocycles. The van der Waals surface area contributed by atoms with E-state index in [2.05, 4.69) is 15.0 Å². The van der Waals surface area contributed by atoms with Crippen LogP contribution in [0.25, 0.3) is 11.0 Å². The van der Waals surface area contributed by atoms with Crippen molar-refractivity contribution in [2.45, 2.75) is 10.2 Å². The highest BCUT2D eigenvalue weighted by atomic mass is 35.5. The third kappa shape index (κ3) is 2.28. The lowest BCUT2D eigenvalue weighted by molar-refractivity contribution is 1.05. The Labute approximate surface area is 118 Å². The van der Waals surface area contributed by atoms with Crippen LogP contribution in [-0.4, -0.2) is 15.0 Å². The minimum atomic E-state index is 0.357. The normalized spacial score (nSPS) is 10.5. The van der Waals surface area contributed by atoms with Crippen LogP contribution in [0.3, 0.4) is 0 Å². The van der Waals surface area contributed by atoms with Crippen LogP contribution in [0.5, 0.6) is 0 Å². The van der Waals surface area contributed by atoms with Crippen molar-refractivity contribution in [2.24, 2.45) is 0 Å². The number of pyridine rings is 1. The summed E-state index contributed by atoms with van der Waals surface area (Å²) in [7, 11) is 0. The fourth-order valence-electron chi connectivity index (χ4n) is 1.65. The van der Waals surface area contributed by atoms with Gasteiger partial charge in [-0.05, 0) is 30.0 Å². The average Bonchev–Trinajstić information content (AvgIpc) is 2.83. The topological polar surface area (TPSA) is 65.4 Å². The molecule has 4 nitrogen and oxygen atoms in total. The van der Waals surface area contributed by atoms with Gasteiger partial charge < -0.3 is 4.98 Å². The molecule has 0 saturated heterocycles. The van der Waals surface area contributed by atoms with E-state index >= 15 is 0 Å². The van der Waals surface area contributed by atoms with Crippen LogP contribution in [0.2, 0.25) is 5.02 Å². The van der Waals surface area contributed by atoms with Gasteiger partial charge in [0.25, 0.3) is 0 Å². The van der Waals surface area contributed by atoms with E-state index in [0.29, 0.717) is 20.8 Å². The zero-order valence-electron chi connectivity index (χ0n) is 9.59. The van der Waals surface area contributed by atoms with Gasteiger partial charge in [-0.2, -0.15) is 5.26 Å². The number of nitriles is 1. The van der Waals surface area contributed by atoms with Crippen LogP contribution in [-0.2, 0) is 0 Å². The van der Waals surface area contributed by atoms with Crippen molar-refractivity contribution < 1.29 is 0 Å². The van der Waals surface area contributed by atoms with E-state index in [1.807, 2.05) is 30.3 Å². The van der Waals surface area contributed by atoms with Crippen LogP contribution in [0.1, 0.15) is 5.56 Å². The molecule has 0 aliphatic carbocycles. The van der Waals surface area contributed by atoms with Crippen molar-refractivity contribution in [3.05, 3.63) is 47.1 Å². The van der Waals surface area contributed by atoms with Crippen molar-refractivity contribution >= 4 is 34.4 Å². The van der Waals surface area contributed by atoms with Crippen LogP contribution < -0.4 is 0 Å². The first-order chi connectivity index (χ1) is 9.28. The molecule has 92 valence electrons. The first-order valence-electron chi connectivity index (χ1n) is 5.45. The molecule has 0 saturated carbocycles. The monoisotopic (exact) mass is 286 g/mol. The van der Waals surface area contributed by atoms with Crippen LogP contribution in [0.15, 0.2) is 46.7 Å². The minimum absolute atomic E-state index is 0.357. The summed E-state index contributed by atoms with van der Waals surface area (Å²) >= 11 is 7.42. The summed E-state index contributed by atoms with van der Waals surface area (Å²) in [5.74, 6) is 0. The molecule has 19 heavy (non-hydrogen) atoms. The van der Waals surface area contributed by atoms with E-state index in [0.717, 1.165) is 11.0 Å². The molecule has 1 N–H and O–H groups in total. The number of nitrogens with one attached hydrogen (secondary N) is 1. The van der Waals surface area contributed by atoms with Gasteiger partial charge in [0.15, 0.2) is 5.16 Å². The maximum absolute atomic E-state index is 8.93. The van der Waals surface area contributed by atoms with E-state index in [1.165, 1.54) is 11.8 Å². The average molecular weight is 287 g/mol. The number of H-pyrrole nitrogens is 1. The zero-order valence-corrected chi connectivity index (χ0v) is 11.2. The highest BCUT2D eigenvalue weighted by molar-refractivity contribution is 7.99. The molecule has 6 heteroatoms. The van der Waals surface area contributed by atoms with E-state index in [1.54, 1.807) is 12.3 Å². The van der Waals surface area contributed by atoms with Crippen LogP contribution in [0, 0.1) is 11.3 Å². The van der Waals surface area contributed by atoms with Gasteiger partial charge in [-0.3, -0.25) is 0 Å². The van der Waals surface area contributed by atoms with Crippen molar-refractivity contribution in [1.82, 2.24) is 15.0 Å². The Kier molecular flexibility index (Phi) is 3.11. The maximum Gasteiger partial charge on any atom is 0.172 e. The fourth-order valence-corrected chi connectivity index (χ4v) is 2.72. The second-order valence-corrected chi connectivity index (χ2v) is 5.11. The largest absolute Gasteiger partial charge is 0.333 e. The Morgan fingerprint density at radius 2 is 2.11 bits per heavy atom. The van der Waals surface area contributed by atoms with Gasteiger partial charge >= 0.3 is 0 Å². The van der Waals surface area contributed by atoms with Crippen molar-refractivity contribution in [3.63, 3.8) is 0 Å². The first kappa shape index (κ1) is 12.0. The molecule has 1 aromatic carbocycles. The molecule has 0 spiro atoms. The van der Waals surface area contributed by atoms with Gasteiger partial charge in [0.05, 0.1) is 21.6 Å². The highest BCUT2D eigenvalue weighted by Crippen LogP contribution is 2.32. The molecule has 0 aliphatic rings. The van der Waals surface area contributed by atoms with E-state index < -0.39 is 0 Å². The summed E-state index contributed by atoms with van der Waals surface area (Å²) < 4.78 is 0. The summed E-state index contributed by atoms with van der Waals surface area (Å²) in [6, 6.07) is 11.4. The lowest BCUT2D eigenvalue weighted by atomic mass is 10.3. The lowest BCUT2D eigenvalue weighted by Crippen LogP contribution is -1.86. The molecule has 0 aliphatic heterocycles. The molecular weight excluding hydrogens is 280 g/mol. The first-order valence-corrected chi connectivity index (χ1v) is 6.64. The van der Waals surface area contributed by atoms with E-state index in [9.17, 15) is 0 Å². The molecule has 0 radical (unpaired) electrons. The number of para-hydroxylation sites is 2. The Morgan fingerprint density at radius 1 is 1.26 bits per heavy atom. The Balaban J connectivity index is 1.99. The number of hydrogen-bond acceptors (Lipinski definition) is 4. The number of hydrogen-bond donors (Lipinski definition) is 1. The Morgan fingerprint density at radius 3 is 2.89 bits per heavy atom. The fraction of sp³-hybridized carbons (Fsp3) is 0. The van der Waals surface area contributed by atoms with Gasteiger partial charge in [-0.15, -0.1) is 0 Å². The molecule has 0 atom stereocenters. The van der Waals surface area contributed by atoms with Crippen molar-refractivity contribution in [1.29, 1.82) is 5.26 Å². The molecule has 3 aromatic rings. The summed E-state index contributed by atoms with van der Waals surface area (Å²) in [6.45, 7) is 0. The molecule has 3 rings (SSSR count). The molecule has 0 fully saturated rings. The molecule has 0 bridgehead atoms. The molecule has 2 aromatic heterocycles. The molecule has 0 amide bonds. The maximum atomic E-state index is 8.93. The summed E-state index contributed by atoms with van der Waals surface area (Å²) in [6.07, 6.45) is 1.56.